The summed E-state index contributed by atoms with van der Waals surface area (Å²) in [5, 5.41) is 8.34. The van der Waals surface area contributed by atoms with Crippen molar-refractivity contribution in [3.8, 4) is 0 Å². The molecule has 136 valence electrons. The second kappa shape index (κ2) is 8.37. The zero-order chi connectivity index (χ0) is 18.5. The summed E-state index contributed by atoms with van der Waals surface area (Å²) >= 11 is 7.37. The van der Waals surface area contributed by atoms with Gasteiger partial charge in [0, 0.05) is 29.7 Å². The topological polar surface area (TPSA) is 81.3 Å². The van der Waals surface area contributed by atoms with Gasteiger partial charge in [0.25, 0.3) is 0 Å². The second-order valence-corrected chi connectivity index (χ2v) is 7.03. The second-order valence-electron chi connectivity index (χ2n) is 5.63. The van der Waals surface area contributed by atoms with Gasteiger partial charge in [-0.3, -0.25) is 4.79 Å². The molecule has 0 spiro atoms. The smallest absolute Gasteiger partial charge is 0.350 e. The highest BCUT2D eigenvalue weighted by atomic mass is 35.5. The van der Waals surface area contributed by atoms with Gasteiger partial charge in [-0.05, 0) is 24.1 Å². The van der Waals surface area contributed by atoms with Crippen LogP contribution in [0.15, 0.2) is 46.5 Å². The maximum Gasteiger partial charge on any atom is 0.350 e. The Hall–Kier alpha value is -2.32. The summed E-state index contributed by atoms with van der Waals surface area (Å²) in [4.78, 5) is 28.6. The molecule has 0 fully saturated rings. The third-order valence-electron chi connectivity index (χ3n) is 3.62. The first kappa shape index (κ1) is 18.5. The third-order valence-corrected chi connectivity index (χ3v) is 4.91. The molecule has 0 bridgehead atoms. The Morgan fingerprint density at radius 1 is 1.31 bits per heavy atom. The number of aromatic nitrogens is 4. The molecule has 7 nitrogen and oxygen atoms in total. The third kappa shape index (κ3) is 4.25. The van der Waals surface area contributed by atoms with Crippen LogP contribution < -0.4 is 11.0 Å². The number of fused-ring (bicyclic) bond motifs is 1. The van der Waals surface area contributed by atoms with Crippen LogP contribution in [0.1, 0.15) is 18.9 Å². The molecule has 26 heavy (non-hydrogen) atoms. The maximum atomic E-state index is 12.4. The van der Waals surface area contributed by atoms with Gasteiger partial charge in [0.2, 0.25) is 5.91 Å². The Kier molecular flexibility index (Phi) is 5.95. The number of rotatable bonds is 7. The van der Waals surface area contributed by atoms with E-state index in [4.69, 9.17) is 11.6 Å². The summed E-state index contributed by atoms with van der Waals surface area (Å²) in [6.45, 7) is 2.43. The van der Waals surface area contributed by atoms with Gasteiger partial charge < -0.3 is 5.32 Å². The molecule has 0 saturated carbocycles. The van der Waals surface area contributed by atoms with Crippen molar-refractivity contribution in [2.45, 2.75) is 30.7 Å². The maximum absolute atomic E-state index is 12.4. The van der Waals surface area contributed by atoms with Crippen molar-refractivity contribution < 1.29 is 4.79 Å². The van der Waals surface area contributed by atoms with Gasteiger partial charge in [-0.2, -0.15) is 0 Å². The first-order chi connectivity index (χ1) is 12.6. The molecule has 0 radical (unpaired) electrons. The summed E-state index contributed by atoms with van der Waals surface area (Å²) in [6, 6.07) is 7.55. The van der Waals surface area contributed by atoms with Crippen molar-refractivity contribution in [2.24, 2.45) is 0 Å². The molecule has 2 aromatic heterocycles. The standard InChI is InChI=1S/C17H18ClN5O2S/c1-2-7-19-14(24)10-23-17(25)22-9-8-20-16(15(22)21-23)26-11-12-3-5-13(18)6-4-12/h3-6,8-9H,2,7,10-11H2,1H3,(H,19,24). The zero-order valence-corrected chi connectivity index (χ0v) is 15.8. The molecule has 2 heterocycles. The Bertz CT molecular complexity index is 967. The van der Waals surface area contributed by atoms with Crippen LogP contribution in [0.2, 0.25) is 5.02 Å². The van der Waals surface area contributed by atoms with Crippen molar-refractivity contribution in [3.63, 3.8) is 0 Å². The molecular formula is C17H18ClN5O2S. The lowest BCUT2D eigenvalue weighted by Crippen LogP contribution is -2.33. The summed E-state index contributed by atoms with van der Waals surface area (Å²) in [5.41, 5.74) is 1.17. The van der Waals surface area contributed by atoms with Crippen LogP contribution in [0.5, 0.6) is 0 Å². The fourth-order valence-corrected chi connectivity index (χ4v) is 3.34. The quantitative estimate of drug-likeness (QED) is 0.625. The Balaban J connectivity index is 1.81. The number of carbonyl (C=O) groups is 1. The van der Waals surface area contributed by atoms with Crippen molar-refractivity contribution >= 4 is 34.9 Å². The van der Waals surface area contributed by atoms with E-state index in [0.29, 0.717) is 28.0 Å². The van der Waals surface area contributed by atoms with Crippen LogP contribution in [0.4, 0.5) is 0 Å². The van der Waals surface area contributed by atoms with E-state index in [1.165, 1.54) is 16.2 Å². The van der Waals surface area contributed by atoms with E-state index in [9.17, 15) is 9.59 Å². The number of nitrogens with zero attached hydrogens (tertiary/aromatic N) is 4. The molecule has 1 N–H and O–H groups in total. The van der Waals surface area contributed by atoms with Crippen molar-refractivity contribution in [2.75, 3.05) is 6.54 Å². The summed E-state index contributed by atoms with van der Waals surface area (Å²) in [6.07, 6.45) is 3.94. The lowest BCUT2D eigenvalue weighted by molar-refractivity contribution is -0.121. The predicted octanol–water partition coefficient (Wildman–Crippen LogP) is 2.36. The summed E-state index contributed by atoms with van der Waals surface area (Å²) < 4.78 is 2.57. The Morgan fingerprint density at radius 3 is 2.81 bits per heavy atom. The minimum Gasteiger partial charge on any atom is -0.355 e. The monoisotopic (exact) mass is 391 g/mol. The lowest BCUT2D eigenvalue weighted by atomic mass is 10.2. The Labute approximate surface area is 159 Å². The number of carbonyl (C=O) groups excluding carboxylic acids is 1. The minimum atomic E-state index is -0.359. The number of halogens is 1. The number of benzene rings is 1. The molecular weight excluding hydrogens is 374 g/mol. The van der Waals surface area contributed by atoms with Crippen LogP contribution in [-0.2, 0) is 17.1 Å². The van der Waals surface area contributed by atoms with Gasteiger partial charge in [-0.1, -0.05) is 42.4 Å². The van der Waals surface area contributed by atoms with Crippen LogP contribution in [0, 0.1) is 0 Å². The lowest BCUT2D eigenvalue weighted by Gasteiger charge is -2.02. The van der Waals surface area contributed by atoms with Crippen LogP contribution in [0.25, 0.3) is 5.65 Å². The molecule has 0 atom stereocenters. The first-order valence-corrected chi connectivity index (χ1v) is 9.53. The predicted molar refractivity (Wildman–Crippen MR) is 102 cm³/mol. The molecule has 1 amide bonds. The fraction of sp³-hybridized carbons (Fsp3) is 0.294. The van der Waals surface area contributed by atoms with E-state index in [1.807, 2.05) is 31.2 Å². The van der Waals surface area contributed by atoms with E-state index in [-0.39, 0.29) is 18.1 Å². The van der Waals surface area contributed by atoms with Crippen LogP contribution in [0.3, 0.4) is 0 Å². The number of thioether (sulfide) groups is 1. The van der Waals surface area contributed by atoms with Gasteiger partial charge >= 0.3 is 5.69 Å². The number of nitrogens with one attached hydrogen (secondary N) is 1. The highest BCUT2D eigenvalue weighted by Crippen LogP contribution is 2.24. The molecule has 0 unspecified atom stereocenters. The van der Waals surface area contributed by atoms with Gasteiger partial charge in [0.15, 0.2) is 5.65 Å². The number of hydrogen-bond acceptors (Lipinski definition) is 5. The zero-order valence-electron chi connectivity index (χ0n) is 14.2. The van der Waals surface area contributed by atoms with E-state index < -0.39 is 0 Å². The molecule has 3 aromatic rings. The molecule has 0 aliphatic rings. The molecule has 1 aromatic carbocycles. The van der Waals surface area contributed by atoms with E-state index in [0.717, 1.165) is 16.7 Å². The SMILES string of the molecule is CCCNC(=O)Cn1nc2c(SCc3ccc(Cl)cc3)nccn2c1=O. The van der Waals surface area contributed by atoms with E-state index in [1.54, 1.807) is 12.4 Å². The average Bonchev–Trinajstić information content (AvgIpc) is 2.96. The van der Waals surface area contributed by atoms with Gasteiger partial charge in [-0.15, -0.1) is 5.10 Å². The largest absolute Gasteiger partial charge is 0.355 e. The summed E-state index contributed by atoms with van der Waals surface area (Å²) in [7, 11) is 0. The van der Waals surface area contributed by atoms with Gasteiger partial charge in [-0.25, -0.2) is 18.9 Å². The highest BCUT2D eigenvalue weighted by Gasteiger charge is 2.14. The molecule has 3 rings (SSSR count). The molecule has 0 aliphatic heterocycles. The Morgan fingerprint density at radius 2 is 2.08 bits per heavy atom. The van der Waals surface area contributed by atoms with Crippen LogP contribution >= 0.6 is 23.4 Å². The van der Waals surface area contributed by atoms with Crippen molar-refractivity contribution in [3.05, 3.63) is 57.7 Å². The van der Waals surface area contributed by atoms with Crippen molar-refractivity contribution in [1.29, 1.82) is 0 Å². The molecule has 9 heteroatoms. The molecule has 0 aliphatic carbocycles. The van der Waals surface area contributed by atoms with E-state index >= 15 is 0 Å². The van der Waals surface area contributed by atoms with Gasteiger partial charge in [0.05, 0.1) is 0 Å². The highest BCUT2D eigenvalue weighted by molar-refractivity contribution is 7.98. The van der Waals surface area contributed by atoms with Crippen LogP contribution in [-0.4, -0.2) is 31.6 Å². The van der Waals surface area contributed by atoms with Crippen molar-refractivity contribution in [1.82, 2.24) is 24.5 Å². The summed E-state index contributed by atoms with van der Waals surface area (Å²) in [5.74, 6) is 0.433. The number of hydrogen-bond donors (Lipinski definition) is 1. The minimum absolute atomic E-state index is 0.109. The van der Waals surface area contributed by atoms with Gasteiger partial charge in [0.1, 0.15) is 11.6 Å². The number of amides is 1. The fourth-order valence-electron chi connectivity index (χ4n) is 2.32. The van der Waals surface area contributed by atoms with E-state index in [2.05, 4.69) is 15.4 Å². The normalized spacial score (nSPS) is 11.0. The molecule has 0 saturated heterocycles. The first-order valence-electron chi connectivity index (χ1n) is 8.16. The average molecular weight is 392 g/mol.